The van der Waals surface area contributed by atoms with Gasteiger partial charge in [0.15, 0.2) is 5.78 Å². The van der Waals surface area contributed by atoms with Gasteiger partial charge in [-0.05, 0) is 30.3 Å². The molecule has 0 spiro atoms. The molecule has 0 fully saturated rings. The molecule has 0 saturated heterocycles. The lowest BCUT2D eigenvalue weighted by molar-refractivity contribution is 0.0992. The maximum atomic E-state index is 12.0. The third-order valence-electron chi connectivity index (χ3n) is 2.40. The van der Waals surface area contributed by atoms with Gasteiger partial charge in [0.05, 0.1) is 17.1 Å². The predicted molar refractivity (Wildman–Crippen MR) is 73.1 cm³/mol. The zero-order valence-electron chi connectivity index (χ0n) is 9.36. The Balaban J connectivity index is 2.22. The van der Waals surface area contributed by atoms with Crippen LogP contribution in [-0.4, -0.2) is 10.8 Å². The molecular weight excluding hydrogens is 271 g/mol. The first-order chi connectivity index (χ1) is 8.56. The Kier molecular flexibility index (Phi) is 3.84. The van der Waals surface area contributed by atoms with Crippen LogP contribution in [0.1, 0.15) is 16.1 Å². The minimum Gasteiger partial charge on any atom is -0.384 e. The lowest BCUT2D eigenvalue weighted by atomic mass is 10.1. The third kappa shape index (κ3) is 3.00. The van der Waals surface area contributed by atoms with E-state index in [9.17, 15) is 4.79 Å². The van der Waals surface area contributed by atoms with Crippen molar-refractivity contribution in [3.8, 4) is 0 Å². The summed E-state index contributed by atoms with van der Waals surface area (Å²) in [5.74, 6) is 0.275. The van der Waals surface area contributed by atoms with Crippen LogP contribution in [-0.2, 0) is 6.42 Å². The molecule has 2 N–H and O–H groups in total. The molecule has 0 aliphatic heterocycles. The Bertz CT molecular complexity index is 599. The van der Waals surface area contributed by atoms with Crippen molar-refractivity contribution in [2.75, 3.05) is 5.73 Å². The summed E-state index contributed by atoms with van der Waals surface area (Å²) in [4.78, 5) is 16.1. The largest absolute Gasteiger partial charge is 0.384 e. The van der Waals surface area contributed by atoms with Crippen molar-refractivity contribution in [3.63, 3.8) is 0 Å². The van der Waals surface area contributed by atoms with Crippen molar-refractivity contribution in [1.29, 1.82) is 0 Å². The Morgan fingerprint density at radius 3 is 2.67 bits per heavy atom. The van der Waals surface area contributed by atoms with Crippen LogP contribution in [0.5, 0.6) is 0 Å². The SMILES string of the molecule is Nc1cccc(CC(=O)c2ccc(Cl)cc2Cl)n1. The molecule has 0 saturated carbocycles. The van der Waals surface area contributed by atoms with Crippen LogP contribution < -0.4 is 5.73 Å². The number of aromatic nitrogens is 1. The molecule has 1 aromatic carbocycles. The van der Waals surface area contributed by atoms with Gasteiger partial charge in [-0.15, -0.1) is 0 Å². The molecule has 2 aromatic rings. The number of Topliss-reactive ketones (excluding diaryl/α,β-unsaturated/α-hetero) is 1. The van der Waals surface area contributed by atoms with Crippen LogP contribution in [0.15, 0.2) is 36.4 Å². The summed E-state index contributed by atoms with van der Waals surface area (Å²) < 4.78 is 0. The highest BCUT2D eigenvalue weighted by Gasteiger charge is 2.12. The molecule has 0 aliphatic rings. The van der Waals surface area contributed by atoms with E-state index in [1.165, 1.54) is 0 Å². The van der Waals surface area contributed by atoms with Gasteiger partial charge in [-0.3, -0.25) is 4.79 Å². The molecule has 0 bridgehead atoms. The summed E-state index contributed by atoms with van der Waals surface area (Å²) in [5, 5.41) is 0.843. The minimum atomic E-state index is -0.116. The molecule has 3 nitrogen and oxygen atoms in total. The average molecular weight is 281 g/mol. The number of ketones is 1. The normalized spacial score (nSPS) is 10.3. The fourth-order valence-corrected chi connectivity index (χ4v) is 2.09. The van der Waals surface area contributed by atoms with E-state index in [0.29, 0.717) is 27.1 Å². The lowest BCUT2D eigenvalue weighted by Gasteiger charge is -2.04. The van der Waals surface area contributed by atoms with Crippen molar-refractivity contribution >= 4 is 34.8 Å². The van der Waals surface area contributed by atoms with Gasteiger partial charge in [0.1, 0.15) is 5.82 Å². The van der Waals surface area contributed by atoms with Gasteiger partial charge in [0.25, 0.3) is 0 Å². The minimum absolute atomic E-state index is 0.116. The molecule has 0 atom stereocenters. The van der Waals surface area contributed by atoms with E-state index in [2.05, 4.69) is 4.98 Å². The van der Waals surface area contributed by atoms with Gasteiger partial charge < -0.3 is 5.73 Å². The first-order valence-corrected chi connectivity index (χ1v) is 6.01. The molecule has 0 unspecified atom stereocenters. The molecule has 0 amide bonds. The molecular formula is C13H10Cl2N2O. The van der Waals surface area contributed by atoms with Crippen molar-refractivity contribution < 1.29 is 4.79 Å². The van der Waals surface area contributed by atoms with Crippen LogP contribution in [0, 0.1) is 0 Å². The van der Waals surface area contributed by atoms with Crippen LogP contribution in [0.3, 0.4) is 0 Å². The number of carbonyl (C=O) groups excluding carboxylic acids is 1. The van der Waals surface area contributed by atoms with Gasteiger partial charge in [0, 0.05) is 10.6 Å². The van der Waals surface area contributed by atoms with Crippen LogP contribution in [0.25, 0.3) is 0 Å². The Morgan fingerprint density at radius 2 is 2.00 bits per heavy atom. The number of anilines is 1. The van der Waals surface area contributed by atoms with E-state index < -0.39 is 0 Å². The number of hydrogen-bond acceptors (Lipinski definition) is 3. The fourth-order valence-electron chi connectivity index (χ4n) is 1.57. The number of rotatable bonds is 3. The van der Waals surface area contributed by atoms with Gasteiger partial charge in [-0.2, -0.15) is 0 Å². The summed E-state index contributed by atoms with van der Waals surface area (Å²) in [6, 6.07) is 9.96. The maximum Gasteiger partial charge on any atom is 0.170 e. The summed E-state index contributed by atoms with van der Waals surface area (Å²) in [5.41, 5.74) is 6.61. The average Bonchev–Trinajstić information content (AvgIpc) is 2.28. The van der Waals surface area contributed by atoms with Crippen LogP contribution in [0.4, 0.5) is 5.82 Å². The van der Waals surface area contributed by atoms with Gasteiger partial charge in [0.2, 0.25) is 0 Å². The summed E-state index contributed by atoms with van der Waals surface area (Å²) in [7, 11) is 0. The van der Waals surface area contributed by atoms with Crippen molar-refractivity contribution in [2.45, 2.75) is 6.42 Å². The number of pyridine rings is 1. The van der Waals surface area contributed by atoms with E-state index in [-0.39, 0.29) is 12.2 Å². The number of nitrogens with two attached hydrogens (primary N) is 1. The molecule has 18 heavy (non-hydrogen) atoms. The molecule has 0 aliphatic carbocycles. The van der Waals surface area contributed by atoms with E-state index in [0.717, 1.165) is 0 Å². The number of hydrogen-bond donors (Lipinski definition) is 1. The molecule has 92 valence electrons. The van der Waals surface area contributed by atoms with Crippen molar-refractivity contribution in [1.82, 2.24) is 4.98 Å². The second-order valence-corrected chi connectivity index (χ2v) is 4.62. The van der Waals surface area contributed by atoms with E-state index in [1.54, 1.807) is 36.4 Å². The smallest absolute Gasteiger partial charge is 0.170 e. The third-order valence-corrected chi connectivity index (χ3v) is 2.95. The Labute approximate surface area is 115 Å². The monoisotopic (exact) mass is 280 g/mol. The molecule has 0 radical (unpaired) electrons. The second-order valence-electron chi connectivity index (χ2n) is 3.78. The highest BCUT2D eigenvalue weighted by molar-refractivity contribution is 6.36. The number of nitrogens with zero attached hydrogens (tertiary/aromatic N) is 1. The highest BCUT2D eigenvalue weighted by atomic mass is 35.5. The summed E-state index contributed by atoms with van der Waals surface area (Å²) in [6.07, 6.45) is 0.159. The van der Waals surface area contributed by atoms with E-state index >= 15 is 0 Å². The number of benzene rings is 1. The lowest BCUT2D eigenvalue weighted by Crippen LogP contribution is -2.06. The number of nitrogen functional groups attached to an aromatic ring is 1. The van der Waals surface area contributed by atoms with Crippen molar-refractivity contribution in [3.05, 3.63) is 57.7 Å². The summed E-state index contributed by atoms with van der Waals surface area (Å²) >= 11 is 11.7. The van der Waals surface area contributed by atoms with E-state index in [1.807, 2.05) is 0 Å². The molecule has 1 aromatic heterocycles. The molecule has 1 heterocycles. The Morgan fingerprint density at radius 1 is 1.22 bits per heavy atom. The van der Waals surface area contributed by atoms with Crippen LogP contribution in [0.2, 0.25) is 10.0 Å². The van der Waals surface area contributed by atoms with E-state index in [4.69, 9.17) is 28.9 Å². The van der Waals surface area contributed by atoms with Gasteiger partial charge in [-0.1, -0.05) is 29.3 Å². The maximum absolute atomic E-state index is 12.0. The first-order valence-electron chi connectivity index (χ1n) is 5.26. The second kappa shape index (κ2) is 5.38. The number of halogens is 2. The molecule has 2 rings (SSSR count). The standard InChI is InChI=1S/C13H10Cl2N2O/c14-8-4-5-10(11(15)6-8)12(18)7-9-2-1-3-13(16)17-9/h1-6H,7H2,(H2,16,17). The van der Waals surface area contributed by atoms with Crippen molar-refractivity contribution in [2.24, 2.45) is 0 Å². The predicted octanol–water partition coefficient (Wildman–Crippen LogP) is 3.40. The number of carbonyl (C=O) groups is 1. The van der Waals surface area contributed by atoms with Gasteiger partial charge >= 0.3 is 0 Å². The topological polar surface area (TPSA) is 56.0 Å². The van der Waals surface area contributed by atoms with Gasteiger partial charge in [-0.25, -0.2) is 4.98 Å². The summed E-state index contributed by atoms with van der Waals surface area (Å²) in [6.45, 7) is 0. The Hall–Kier alpha value is -1.58. The van der Waals surface area contributed by atoms with Crippen LogP contribution >= 0.6 is 23.2 Å². The fraction of sp³-hybridized carbons (Fsp3) is 0.0769. The quantitative estimate of drug-likeness (QED) is 0.877. The molecule has 5 heteroatoms. The highest BCUT2D eigenvalue weighted by Crippen LogP contribution is 2.22. The zero-order chi connectivity index (χ0) is 13.1. The zero-order valence-corrected chi connectivity index (χ0v) is 10.9. The first kappa shape index (κ1) is 12.9.